The van der Waals surface area contributed by atoms with E-state index in [-0.39, 0.29) is 13.0 Å². The Kier molecular flexibility index (Phi) is 7.18. The predicted molar refractivity (Wildman–Crippen MR) is 106 cm³/mol. The zero-order valence-electron chi connectivity index (χ0n) is 15.9. The highest BCUT2D eigenvalue weighted by molar-refractivity contribution is 7.90. The van der Waals surface area contributed by atoms with E-state index in [4.69, 9.17) is 5.26 Å². The second kappa shape index (κ2) is 9.37. The molecule has 0 radical (unpaired) electrons. The van der Waals surface area contributed by atoms with E-state index in [2.05, 4.69) is 10.3 Å². The molecule has 0 bridgehead atoms. The lowest BCUT2D eigenvalue weighted by molar-refractivity contribution is -0.133. The number of H-pyrrole nitrogens is 1. The maximum Gasteiger partial charge on any atom is 0.259 e. The molecule has 1 aromatic carbocycles. The number of aryl methyl sites for hydroxylation is 1. The summed E-state index contributed by atoms with van der Waals surface area (Å²) in [7, 11) is -3.52. The van der Waals surface area contributed by atoms with Crippen LogP contribution in [0.2, 0.25) is 0 Å². The summed E-state index contributed by atoms with van der Waals surface area (Å²) in [5, 5.41) is 12.6. The summed E-state index contributed by atoms with van der Waals surface area (Å²) in [5.74, 6) is -1.69. The van der Waals surface area contributed by atoms with Crippen LogP contribution in [-0.2, 0) is 25.8 Å². The lowest BCUT2D eigenvalue weighted by atomic mass is 10.1. The van der Waals surface area contributed by atoms with Gasteiger partial charge in [-0.3, -0.25) is 9.59 Å². The van der Waals surface area contributed by atoms with Crippen LogP contribution in [0.15, 0.2) is 30.5 Å². The molecule has 1 aromatic heterocycles. The van der Waals surface area contributed by atoms with Crippen molar-refractivity contribution in [2.24, 2.45) is 0 Å². The standard InChI is InChI=1S/C19H24N4O4S/c1-3-23(13-20)19(25)17(12-28(2,26)27)22-18(24)10-6-7-14-11-21-16-9-5-4-8-15(14)16/h4-5,8-9,11,17,21H,3,6-7,10,12H2,1-2H3,(H,22,24). The van der Waals surface area contributed by atoms with E-state index in [1.54, 1.807) is 13.1 Å². The molecule has 28 heavy (non-hydrogen) atoms. The van der Waals surface area contributed by atoms with Crippen LogP contribution in [0.3, 0.4) is 0 Å². The molecule has 0 fully saturated rings. The third kappa shape index (κ3) is 5.82. The number of hydrogen-bond acceptors (Lipinski definition) is 5. The smallest absolute Gasteiger partial charge is 0.259 e. The molecule has 2 amide bonds. The molecule has 2 N–H and O–H groups in total. The Bertz CT molecular complexity index is 991. The minimum absolute atomic E-state index is 0.103. The van der Waals surface area contributed by atoms with Gasteiger partial charge in [0, 0.05) is 36.3 Å². The number of sulfone groups is 1. The quantitative estimate of drug-likeness (QED) is 0.482. The number of nitriles is 1. The van der Waals surface area contributed by atoms with Crippen molar-refractivity contribution in [3.05, 3.63) is 36.0 Å². The second-order valence-corrected chi connectivity index (χ2v) is 8.79. The Balaban J connectivity index is 1.97. The van der Waals surface area contributed by atoms with Crippen LogP contribution in [0.4, 0.5) is 0 Å². The number of fused-ring (bicyclic) bond motifs is 1. The SMILES string of the molecule is CCN(C#N)C(=O)C(CS(C)(=O)=O)NC(=O)CCCc1c[nH]c2ccccc12. The zero-order valence-corrected chi connectivity index (χ0v) is 16.8. The fourth-order valence-electron chi connectivity index (χ4n) is 2.99. The Hall–Kier alpha value is -2.86. The number of para-hydroxylation sites is 1. The molecule has 0 aliphatic heterocycles. The van der Waals surface area contributed by atoms with Gasteiger partial charge in [0.1, 0.15) is 15.9 Å². The normalized spacial score (nSPS) is 12.3. The number of rotatable bonds is 9. The van der Waals surface area contributed by atoms with E-state index in [0.717, 1.165) is 27.6 Å². The number of benzene rings is 1. The number of aromatic nitrogens is 1. The molecule has 1 heterocycles. The molecule has 0 aliphatic rings. The molecule has 2 aromatic rings. The number of carbonyl (C=O) groups is 2. The van der Waals surface area contributed by atoms with E-state index in [9.17, 15) is 18.0 Å². The predicted octanol–water partition coefficient (Wildman–Crippen LogP) is 1.35. The van der Waals surface area contributed by atoms with Gasteiger partial charge in [-0.25, -0.2) is 13.3 Å². The van der Waals surface area contributed by atoms with Gasteiger partial charge in [-0.2, -0.15) is 5.26 Å². The van der Waals surface area contributed by atoms with E-state index >= 15 is 0 Å². The van der Waals surface area contributed by atoms with E-state index in [1.807, 2.05) is 30.5 Å². The number of nitrogens with one attached hydrogen (secondary N) is 2. The average Bonchev–Trinajstić information content (AvgIpc) is 3.04. The molecule has 0 saturated heterocycles. The van der Waals surface area contributed by atoms with Crippen molar-refractivity contribution in [3.8, 4) is 6.19 Å². The fraction of sp³-hybridized carbons (Fsp3) is 0.421. The highest BCUT2D eigenvalue weighted by Gasteiger charge is 2.28. The van der Waals surface area contributed by atoms with Gasteiger partial charge in [-0.15, -0.1) is 0 Å². The molecule has 1 atom stereocenters. The van der Waals surface area contributed by atoms with Crippen LogP contribution < -0.4 is 5.32 Å². The first-order valence-electron chi connectivity index (χ1n) is 8.98. The first kappa shape index (κ1) is 21.4. The number of nitrogens with zero attached hydrogens (tertiary/aromatic N) is 2. The Morgan fingerprint density at radius 1 is 1.32 bits per heavy atom. The highest BCUT2D eigenvalue weighted by Crippen LogP contribution is 2.19. The molecule has 2 rings (SSSR count). The van der Waals surface area contributed by atoms with Gasteiger partial charge in [-0.05, 0) is 31.4 Å². The lowest BCUT2D eigenvalue weighted by Crippen LogP contribution is -2.50. The number of aromatic amines is 1. The van der Waals surface area contributed by atoms with Crippen LogP contribution in [0.25, 0.3) is 10.9 Å². The summed E-state index contributed by atoms with van der Waals surface area (Å²) in [6.07, 6.45) is 5.95. The summed E-state index contributed by atoms with van der Waals surface area (Å²) < 4.78 is 23.2. The number of carbonyl (C=O) groups excluding carboxylic acids is 2. The molecular formula is C19H24N4O4S. The maximum absolute atomic E-state index is 12.3. The summed E-state index contributed by atoms with van der Waals surface area (Å²) in [4.78, 5) is 28.6. The molecule has 0 saturated carbocycles. The minimum atomic E-state index is -3.52. The zero-order chi connectivity index (χ0) is 20.7. The third-order valence-electron chi connectivity index (χ3n) is 4.33. The van der Waals surface area contributed by atoms with E-state index in [1.165, 1.54) is 0 Å². The Morgan fingerprint density at radius 2 is 2.04 bits per heavy atom. The van der Waals surface area contributed by atoms with Crippen molar-refractivity contribution < 1.29 is 18.0 Å². The van der Waals surface area contributed by atoms with Crippen LogP contribution in [0.1, 0.15) is 25.3 Å². The van der Waals surface area contributed by atoms with Crippen molar-refractivity contribution >= 4 is 32.6 Å². The van der Waals surface area contributed by atoms with Crippen molar-refractivity contribution in [1.82, 2.24) is 15.2 Å². The third-order valence-corrected chi connectivity index (χ3v) is 5.27. The van der Waals surface area contributed by atoms with Crippen molar-refractivity contribution in [2.75, 3.05) is 18.6 Å². The molecule has 150 valence electrons. The Labute approximate surface area is 164 Å². The molecule has 8 nitrogen and oxygen atoms in total. The number of hydrogen-bond donors (Lipinski definition) is 2. The lowest BCUT2D eigenvalue weighted by Gasteiger charge is -2.21. The molecule has 0 aliphatic carbocycles. The van der Waals surface area contributed by atoms with Gasteiger partial charge in [0.05, 0.1) is 5.75 Å². The number of amides is 2. The van der Waals surface area contributed by atoms with Gasteiger partial charge in [0.25, 0.3) is 5.91 Å². The first-order chi connectivity index (χ1) is 13.2. The van der Waals surface area contributed by atoms with Crippen LogP contribution in [0.5, 0.6) is 0 Å². The van der Waals surface area contributed by atoms with Gasteiger partial charge in [0.2, 0.25) is 5.91 Å². The highest BCUT2D eigenvalue weighted by atomic mass is 32.2. The van der Waals surface area contributed by atoms with Crippen molar-refractivity contribution in [2.45, 2.75) is 32.2 Å². The summed E-state index contributed by atoms with van der Waals surface area (Å²) in [5.41, 5.74) is 2.12. The first-order valence-corrected chi connectivity index (χ1v) is 11.0. The summed E-state index contributed by atoms with van der Waals surface area (Å²) >= 11 is 0. The largest absolute Gasteiger partial charge is 0.361 e. The topological polar surface area (TPSA) is 123 Å². The van der Waals surface area contributed by atoms with Crippen LogP contribution in [0, 0.1) is 11.5 Å². The molecule has 0 spiro atoms. The van der Waals surface area contributed by atoms with E-state index in [0.29, 0.717) is 12.8 Å². The van der Waals surface area contributed by atoms with Gasteiger partial charge >= 0.3 is 0 Å². The van der Waals surface area contributed by atoms with Crippen molar-refractivity contribution in [1.29, 1.82) is 5.26 Å². The monoisotopic (exact) mass is 404 g/mol. The van der Waals surface area contributed by atoms with Gasteiger partial charge in [0.15, 0.2) is 6.19 Å². The average molecular weight is 404 g/mol. The van der Waals surface area contributed by atoms with Crippen molar-refractivity contribution in [3.63, 3.8) is 0 Å². The molecule has 9 heteroatoms. The van der Waals surface area contributed by atoms with Gasteiger partial charge in [-0.1, -0.05) is 18.2 Å². The van der Waals surface area contributed by atoms with E-state index < -0.39 is 33.4 Å². The minimum Gasteiger partial charge on any atom is -0.361 e. The maximum atomic E-state index is 12.3. The molecular weight excluding hydrogens is 380 g/mol. The summed E-state index contributed by atoms with van der Waals surface area (Å²) in [6.45, 7) is 1.70. The second-order valence-electron chi connectivity index (χ2n) is 6.61. The van der Waals surface area contributed by atoms with Crippen LogP contribution in [-0.4, -0.2) is 54.7 Å². The van der Waals surface area contributed by atoms with Gasteiger partial charge < -0.3 is 10.3 Å². The van der Waals surface area contributed by atoms with Crippen LogP contribution >= 0.6 is 0 Å². The number of likely N-dealkylation sites (N-methyl/N-ethyl adjacent to an activating group) is 1. The fourth-order valence-corrected chi connectivity index (χ4v) is 3.82. The summed E-state index contributed by atoms with van der Waals surface area (Å²) in [6, 6.07) is 6.60. The molecule has 1 unspecified atom stereocenters. The Morgan fingerprint density at radius 3 is 2.68 bits per heavy atom.